The van der Waals surface area contributed by atoms with Crippen LogP contribution >= 0.6 is 22.6 Å². The topological polar surface area (TPSA) is 40.5 Å². The summed E-state index contributed by atoms with van der Waals surface area (Å²) in [5.74, 6) is 0. The van der Waals surface area contributed by atoms with Crippen LogP contribution in [0, 0.1) is 0 Å². The quantitative estimate of drug-likeness (QED) is 0.642. The highest BCUT2D eigenvalue weighted by molar-refractivity contribution is 14.1. The van der Waals surface area contributed by atoms with E-state index in [9.17, 15) is 4.79 Å². The molecule has 0 aromatic heterocycles. The van der Waals surface area contributed by atoms with E-state index in [-0.39, 0.29) is 6.04 Å². The fraction of sp³-hybridized carbons (Fsp3) is 0.900. The number of halogens is 1. The van der Waals surface area contributed by atoms with Gasteiger partial charge in [0.05, 0.1) is 0 Å². The normalized spacial score (nSPS) is 27.3. The van der Waals surface area contributed by atoms with Crippen molar-refractivity contribution in [3.63, 3.8) is 0 Å². The highest BCUT2D eigenvalue weighted by atomic mass is 127. The van der Waals surface area contributed by atoms with Crippen LogP contribution in [0.5, 0.6) is 0 Å². The van der Waals surface area contributed by atoms with Crippen molar-refractivity contribution >= 4 is 28.7 Å². The molecule has 0 saturated heterocycles. The largest absolute Gasteiger partial charge is 0.465 e. The molecule has 0 aromatic carbocycles. The molecule has 0 spiro atoms. The van der Waals surface area contributed by atoms with Crippen LogP contribution in [0.1, 0.15) is 39.0 Å². The first-order chi connectivity index (χ1) is 6.65. The van der Waals surface area contributed by atoms with Crippen LogP contribution in [-0.2, 0) is 0 Å². The van der Waals surface area contributed by atoms with Gasteiger partial charge in [0.15, 0.2) is 0 Å². The molecule has 3 nitrogen and oxygen atoms in total. The van der Waals surface area contributed by atoms with Gasteiger partial charge in [-0.25, -0.2) is 4.79 Å². The number of carboxylic acid groups (broad SMARTS) is 1. The molecule has 0 aromatic rings. The minimum atomic E-state index is -0.748. The van der Waals surface area contributed by atoms with Gasteiger partial charge in [0, 0.05) is 16.5 Å². The molecule has 1 fully saturated rings. The van der Waals surface area contributed by atoms with E-state index in [1.54, 1.807) is 4.90 Å². The molecule has 1 saturated carbocycles. The predicted octanol–water partition coefficient (Wildman–Crippen LogP) is 3.12. The van der Waals surface area contributed by atoms with Crippen molar-refractivity contribution in [2.75, 3.05) is 6.54 Å². The van der Waals surface area contributed by atoms with Gasteiger partial charge in [0.2, 0.25) is 0 Å². The average Bonchev–Trinajstić information content (AvgIpc) is 2.13. The van der Waals surface area contributed by atoms with Gasteiger partial charge < -0.3 is 10.0 Å². The molecule has 0 aliphatic heterocycles. The van der Waals surface area contributed by atoms with Crippen LogP contribution in [0.15, 0.2) is 0 Å². The van der Waals surface area contributed by atoms with Crippen LogP contribution < -0.4 is 0 Å². The lowest BCUT2D eigenvalue weighted by Crippen LogP contribution is -2.42. The van der Waals surface area contributed by atoms with E-state index in [4.69, 9.17) is 5.11 Å². The third-order valence-electron chi connectivity index (χ3n) is 2.73. The molecule has 1 aliphatic rings. The predicted molar refractivity (Wildman–Crippen MR) is 65.1 cm³/mol. The van der Waals surface area contributed by atoms with Gasteiger partial charge >= 0.3 is 6.09 Å². The molecule has 1 amide bonds. The van der Waals surface area contributed by atoms with Crippen LogP contribution in [0.3, 0.4) is 0 Å². The molecule has 1 rings (SSSR count). The van der Waals surface area contributed by atoms with Crippen LogP contribution in [0.25, 0.3) is 0 Å². The maximum atomic E-state index is 11.0. The first-order valence-corrected chi connectivity index (χ1v) is 6.53. The Morgan fingerprint density at radius 3 is 2.79 bits per heavy atom. The van der Waals surface area contributed by atoms with E-state index in [1.807, 2.05) is 6.92 Å². The fourth-order valence-corrected chi connectivity index (χ4v) is 3.09. The molecule has 2 unspecified atom stereocenters. The van der Waals surface area contributed by atoms with Gasteiger partial charge in [-0.2, -0.15) is 0 Å². The first kappa shape index (κ1) is 12.1. The van der Waals surface area contributed by atoms with E-state index in [1.165, 1.54) is 12.8 Å². The van der Waals surface area contributed by atoms with Crippen LogP contribution in [-0.4, -0.2) is 32.6 Å². The van der Waals surface area contributed by atoms with E-state index in [0.29, 0.717) is 10.5 Å². The Kier molecular flexibility index (Phi) is 4.98. The third-order valence-corrected chi connectivity index (χ3v) is 3.86. The van der Waals surface area contributed by atoms with Crippen molar-refractivity contribution in [2.45, 2.75) is 49.0 Å². The standard InChI is InChI=1S/C10H18INO2/c1-2-6-12(10(13)14)9-5-3-4-8(11)7-9/h8-9H,2-7H2,1H3,(H,13,14). The maximum absolute atomic E-state index is 11.0. The molecule has 14 heavy (non-hydrogen) atoms. The number of rotatable bonds is 3. The average molecular weight is 311 g/mol. The second-order valence-corrected chi connectivity index (χ2v) is 5.66. The lowest BCUT2D eigenvalue weighted by molar-refractivity contribution is 0.113. The Balaban J connectivity index is 2.53. The SMILES string of the molecule is CCCN(C(=O)O)C1CCCC(I)C1. The number of hydrogen-bond acceptors (Lipinski definition) is 1. The smallest absolute Gasteiger partial charge is 0.407 e. The Hall–Kier alpha value is 0. The second kappa shape index (κ2) is 5.78. The van der Waals surface area contributed by atoms with Gasteiger partial charge in [-0.05, 0) is 25.7 Å². The lowest BCUT2D eigenvalue weighted by Gasteiger charge is -2.34. The Morgan fingerprint density at radius 2 is 2.29 bits per heavy atom. The molecule has 0 heterocycles. The van der Waals surface area contributed by atoms with Crippen molar-refractivity contribution in [1.29, 1.82) is 0 Å². The summed E-state index contributed by atoms with van der Waals surface area (Å²) >= 11 is 2.44. The summed E-state index contributed by atoms with van der Waals surface area (Å²) in [4.78, 5) is 12.6. The van der Waals surface area contributed by atoms with Crippen molar-refractivity contribution in [2.24, 2.45) is 0 Å². The zero-order chi connectivity index (χ0) is 10.6. The van der Waals surface area contributed by atoms with Crippen molar-refractivity contribution < 1.29 is 9.90 Å². The fourth-order valence-electron chi connectivity index (χ4n) is 2.06. The highest BCUT2D eigenvalue weighted by Gasteiger charge is 2.27. The molecule has 0 bridgehead atoms. The molecule has 4 heteroatoms. The summed E-state index contributed by atoms with van der Waals surface area (Å²) in [5.41, 5.74) is 0. The summed E-state index contributed by atoms with van der Waals surface area (Å²) in [5, 5.41) is 9.07. The Bertz CT molecular complexity index is 199. The van der Waals surface area contributed by atoms with Gasteiger partial charge in [-0.15, -0.1) is 0 Å². The third kappa shape index (κ3) is 3.29. The van der Waals surface area contributed by atoms with Crippen LogP contribution in [0.4, 0.5) is 4.79 Å². The van der Waals surface area contributed by atoms with Gasteiger partial charge in [-0.1, -0.05) is 35.9 Å². The van der Waals surface area contributed by atoms with Gasteiger partial charge in [0.1, 0.15) is 0 Å². The maximum Gasteiger partial charge on any atom is 0.407 e. The van der Waals surface area contributed by atoms with E-state index in [2.05, 4.69) is 22.6 Å². The lowest BCUT2D eigenvalue weighted by atomic mass is 9.94. The number of alkyl halides is 1. The van der Waals surface area contributed by atoms with E-state index in [0.717, 1.165) is 19.3 Å². The van der Waals surface area contributed by atoms with Crippen LogP contribution in [0.2, 0.25) is 0 Å². The molecule has 82 valence electrons. The zero-order valence-electron chi connectivity index (χ0n) is 8.58. The molecule has 1 aliphatic carbocycles. The Morgan fingerprint density at radius 1 is 1.57 bits per heavy atom. The van der Waals surface area contributed by atoms with E-state index < -0.39 is 6.09 Å². The van der Waals surface area contributed by atoms with Crippen molar-refractivity contribution in [3.8, 4) is 0 Å². The van der Waals surface area contributed by atoms with Crippen molar-refractivity contribution in [1.82, 2.24) is 4.90 Å². The monoisotopic (exact) mass is 311 g/mol. The summed E-state index contributed by atoms with van der Waals surface area (Å²) < 4.78 is 0.657. The zero-order valence-corrected chi connectivity index (χ0v) is 10.7. The number of hydrogen-bond donors (Lipinski definition) is 1. The Labute approximate surface area is 99.0 Å². The molecule has 2 atom stereocenters. The second-order valence-electron chi connectivity index (χ2n) is 3.89. The minimum absolute atomic E-state index is 0.267. The summed E-state index contributed by atoms with van der Waals surface area (Å²) in [7, 11) is 0. The number of amides is 1. The van der Waals surface area contributed by atoms with Crippen molar-refractivity contribution in [3.05, 3.63) is 0 Å². The molecular formula is C10H18INO2. The van der Waals surface area contributed by atoms with Gasteiger partial charge in [0.25, 0.3) is 0 Å². The van der Waals surface area contributed by atoms with Gasteiger partial charge in [-0.3, -0.25) is 0 Å². The van der Waals surface area contributed by atoms with E-state index >= 15 is 0 Å². The minimum Gasteiger partial charge on any atom is -0.465 e. The molecular weight excluding hydrogens is 293 g/mol. The number of nitrogens with zero attached hydrogens (tertiary/aromatic N) is 1. The molecule has 0 radical (unpaired) electrons. The molecule has 1 N–H and O–H groups in total. The summed E-state index contributed by atoms with van der Waals surface area (Å²) in [6, 6.07) is 0.267. The highest BCUT2D eigenvalue weighted by Crippen LogP contribution is 2.28. The first-order valence-electron chi connectivity index (χ1n) is 5.28. The number of carbonyl (C=O) groups is 1. The summed E-state index contributed by atoms with van der Waals surface area (Å²) in [6.45, 7) is 2.71. The summed E-state index contributed by atoms with van der Waals surface area (Å²) in [6.07, 6.45) is 4.66.